The molecule has 3 nitrogen and oxygen atoms in total. The van der Waals surface area contributed by atoms with Crippen molar-refractivity contribution < 1.29 is 8.42 Å². The molecular formula is C15H16ClNO2S2. The Morgan fingerprint density at radius 2 is 1.81 bits per heavy atom. The van der Waals surface area contributed by atoms with E-state index in [-0.39, 0.29) is 6.54 Å². The quantitative estimate of drug-likeness (QED) is 0.774. The molecule has 21 heavy (non-hydrogen) atoms. The second-order valence-electron chi connectivity index (χ2n) is 4.57. The highest BCUT2D eigenvalue weighted by atomic mass is 35.5. The summed E-state index contributed by atoms with van der Waals surface area (Å²) in [5.74, 6) is 0. The molecule has 112 valence electrons. The van der Waals surface area contributed by atoms with Crippen LogP contribution in [0.5, 0.6) is 0 Å². The highest BCUT2D eigenvalue weighted by Crippen LogP contribution is 2.21. The molecular weight excluding hydrogens is 326 g/mol. The van der Waals surface area contributed by atoms with Crippen molar-refractivity contribution in [3.63, 3.8) is 0 Å². The predicted molar refractivity (Wildman–Crippen MR) is 88.3 cm³/mol. The summed E-state index contributed by atoms with van der Waals surface area (Å²) in [6, 6.07) is 14.1. The van der Waals surface area contributed by atoms with Gasteiger partial charge in [0.2, 0.25) is 10.0 Å². The van der Waals surface area contributed by atoms with Crippen LogP contribution in [0.3, 0.4) is 0 Å². The van der Waals surface area contributed by atoms with E-state index in [2.05, 4.69) is 0 Å². The molecule has 0 aliphatic rings. The lowest BCUT2D eigenvalue weighted by Gasteiger charge is -2.17. The average Bonchev–Trinajstić information content (AvgIpc) is 2.47. The fourth-order valence-electron chi connectivity index (χ4n) is 1.91. The normalized spacial score (nSPS) is 11.8. The number of hydrogen-bond acceptors (Lipinski definition) is 3. The van der Waals surface area contributed by atoms with Crippen molar-refractivity contribution in [2.45, 2.75) is 16.3 Å². The molecule has 0 saturated carbocycles. The van der Waals surface area contributed by atoms with Crippen LogP contribution in [0.1, 0.15) is 5.56 Å². The summed E-state index contributed by atoms with van der Waals surface area (Å²) in [6.07, 6.45) is 1.95. The first kappa shape index (κ1) is 16.4. The van der Waals surface area contributed by atoms with Crippen LogP contribution in [0.15, 0.2) is 58.3 Å². The molecule has 0 aliphatic heterocycles. The minimum absolute atomic E-state index is 0.285. The highest BCUT2D eigenvalue weighted by Gasteiger charge is 2.20. The van der Waals surface area contributed by atoms with Crippen LogP contribution < -0.4 is 0 Å². The molecule has 0 fully saturated rings. The van der Waals surface area contributed by atoms with Gasteiger partial charge in [0.05, 0.1) is 4.90 Å². The molecule has 0 N–H and O–H groups in total. The second-order valence-corrected chi connectivity index (χ2v) is 7.93. The number of rotatable bonds is 5. The van der Waals surface area contributed by atoms with Crippen LogP contribution >= 0.6 is 23.4 Å². The van der Waals surface area contributed by atoms with E-state index in [4.69, 9.17) is 11.6 Å². The third kappa shape index (κ3) is 4.01. The number of nitrogens with zero attached hydrogens (tertiary/aromatic N) is 1. The number of hydrogen-bond donors (Lipinski definition) is 0. The molecule has 0 unspecified atom stereocenters. The second kappa shape index (κ2) is 6.83. The number of benzene rings is 2. The van der Waals surface area contributed by atoms with Gasteiger partial charge in [0.1, 0.15) is 0 Å². The van der Waals surface area contributed by atoms with Crippen molar-refractivity contribution in [2.24, 2.45) is 0 Å². The lowest BCUT2D eigenvalue weighted by atomic mass is 10.2. The minimum Gasteiger partial charge on any atom is -0.207 e. The molecule has 0 spiro atoms. The van der Waals surface area contributed by atoms with Crippen molar-refractivity contribution in [2.75, 3.05) is 13.3 Å². The van der Waals surface area contributed by atoms with E-state index in [1.54, 1.807) is 43.1 Å². The van der Waals surface area contributed by atoms with Crippen molar-refractivity contribution in [1.82, 2.24) is 4.31 Å². The summed E-state index contributed by atoms with van der Waals surface area (Å²) in [6.45, 7) is 0.285. The van der Waals surface area contributed by atoms with Crippen LogP contribution in [-0.4, -0.2) is 26.0 Å². The van der Waals surface area contributed by atoms with Crippen molar-refractivity contribution in [3.8, 4) is 0 Å². The van der Waals surface area contributed by atoms with Gasteiger partial charge in [-0.25, -0.2) is 8.42 Å². The SMILES string of the molecule is CSc1ccc(S(=O)(=O)N(C)Cc2cccc(Cl)c2)cc1. The summed E-state index contributed by atoms with van der Waals surface area (Å²) < 4.78 is 26.3. The number of thioether (sulfide) groups is 1. The molecule has 0 saturated heterocycles. The average molecular weight is 342 g/mol. The van der Waals surface area contributed by atoms with E-state index >= 15 is 0 Å². The standard InChI is InChI=1S/C15H16ClNO2S2/c1-17(11-12-4-3-5-13(16)10-12)21(18,19)15-8-6-14(20-2)7-9-15/h3-10H,11H2,1-2H3. The van der Waals surface area contributed by atoms with Crippen molar-refractivity contribution in [1.29, 1.82) is 0 Å². The number of sulfonamides is 1. The van der Waals surface area contributed by atoms with E-state index < -0.39 is 10.0 Å². The topological polar surface area (TPSA) is 37.4 Å². The molecule has 0 aliphatic carbocycles. The monoisotopic (exact) mass is 341 g/mol. The zero-order chi connectivity index (χ0) is 15.5. The predicted octanol–water partition coefficient (Wildman–Crippen LogP) is 3.88. The van der Waals surface area contributed by atoms with Gasteiger partial charge in [0, 0.05) is 23.5 Å². The van der Waals surface area contributed by atoms with Crippen LogP contribution in [0, 0.1) is 0 Å². The maximum absolute atomic E-state index is 12.5. The first-order valence-electron chi connectivity index (χ1n) is 6.28. The Bertz CT molecular complexity index is 715. The first-order chi connectivity index (χ1) is 9.93. The maximum atomic E-state index is 12.5. The Labute approximate surface area is 135 Å². The van der Waals surface area contributed by atoms with E-state index in [0.29, 0.717) is 9.92 Å². The zero-order valence-corrected chi connectivity index (χ0v) is 14.2. The van der Waals surface area contributed by atoms with E-state index in [0.717, 1.165) is 10.5 Å². The molecule has 0 atom stereocenters. The van der Waals surface area contributed by atoms with Gasteiger partial charge in [-0.2, -0.15) is 4.31 Å². The molecule has 2 aromatic carbocycles. The summed E-state index contributed by atoms with van der Waals surface area (Å²) in [5.41, 5.74) is 0.856. The molecule has 2 aromatic rings. The van der Waals surface area contributed by atoms with Gasteiger partial charge in [-0.3, -0.25) is 0 Å². The lowest BCUT2D eigenvalue weighted by Crippen LogP contribution is -2.26. The van der Waals surface area contributed by atoms with Gasteiger partial charge >= 0.3 is 0 Å². The minimum atomic E-state index is -3.49. The van der Waals surface area contributed by atoms with Gasteiger partial charge in [-0.05, 0) is 48.2 Å². The van der Waals surface area contributed by atoms with Gasteiger partial charge in [0.15, 0.2) is 0 Å². The molecule has 0 amide bonds. The lowest BCUT2D eigenvalue weighted by molar-refractivity contribution is 0.466. The molecule has 0 aromatic heterocycles. The Morgan fingerprint density at radius 1 is 1.14 bits per heavy atom. The Kier molecular flexibility index (Phi) is 5.32. The Hall–Kier alpha value is -1.01. The van der Waals surface area contributed by atoms with E-state index in [1.807, 2.05) is 30.5 Å². The molecule has 0 radical (unpaired) electrons. The van der Waals surface area contributed by atoms with Gasteiger partial charge in [-0.15, -0.1) is 11.8 Å². The third-order valence-electron chi connectivity index (χ3n) is 3.06. The summed E-state index contributed by atoms with van der Waals surface area (Å²) in [5, 5.41) is 0.600. The summed E-state index contributed by atoms with van der Waals surface area (Å²) in [4.78, 5) is 1.33. The molecule has 0 bridgehead atoms. The number of halogens is 1. The van der Waals surface area contributed by atoms with Crippen LogP contribution in [0.4, 0.5) is 0 Å². The van der Waals surface area contributed by atoms with Crippen LogP contribution in [-0.2, 0) is 16.6 Å². The Morgan fingerprint density at radius 3 is 2.38 bits per heavy atom. The van der Waals surface area contributed by atoms with E-state index in [1.165, 1.54) is 4.31 Å². The molecule has 0 heterocycles. The van der Waals surface area contributed by atoms with Crippen LogP contribution in [0.2, 0.25) is 5.02 Å². The maximum Gasteiger partial charge on any atom is 0.243 e. The van der Waals surface area contributed by atoms with Crippen molar-refractivity contribution in [3.05, 3.63) is 59.1 Å². The summed E-state index contributed by atoms with van der Waals surface area (Å²) >= 11 is 7.50. The fraction of sp³-hybridized carbons (Fsp3) is 0.200. The summed E-state index contributed by atoms with van der Waals surface area (Å²) in [7, 11) is -1.93. The zero-order valence-electron chi connectivity index (χ0n) is 11.8. The largest absolute Gasteiger partial charge is 0.243 e. The first-order valence-corrected chi connectivity index (χ1v) is 9.32. The van der Waals surface area contributed by atoms with Gasteiger partial charge < -0.3 is 0 Å². The smallest absolute Gasteiger partial charge is 0.207 e. The highest BCUT2D eigenvalue weighted by molar-refractivity contribution is 7.98. The fourth-order valence-corrected chi connectivity index (χ4v) is 3.69. The van der Waals surface area contributed by atoms with E-state index in [9.17, 15) is 8.42 Å². The van der Waals surface area contributed by atoms with Gasteiger partial charge in [0.25, 0.3) is 0 Å². The molecule has 6 heteroatoms. The van der Waals surface area contributed by atoms with Crippen LogP contribution in [0.25, 0.3) is 0 Å². The van der Waals surface area contributed by atoms with Crippen molar-refractivity contribution >= 4 is 33.4 Å². The van der Waals surface area contributed by atoms with Gasteiger partial charge in [-0.1, -0.05) is 23.7 Å². The Balaban J connectivity index is 2.21. The third-order valence-corrected chi connectivity index (χ3v) is 5.86. The molecule has 2 rings (SSSR count).